The van der Waals surface area contributed by atoms with E-state index >= 15 is 0 Å². The van der Waals surface area contributed by atoms with E-state index in [2.05, 4.69) is 14.5 Å². The zero-order chi connectivity index (χ0) is 15.5. The van der Waals surface area contributed by atoms with Crippen molar-refractivity contribution < 1.29 is 8.78 Å². The molecule has 0 aliphatic carbocycles. The van der Waals surface area contributed by atoms with Crippen molar-refractivity contribution >= 4 is 0 Å². The molecular formula is C17H21F2N3. The van der Waals surface area contributed by atoms with Crippen LogP contribution in [-0.2, 0) is 13.1 Å². The van der Waals surface area contributed by atoms with Gasteiger partial charge in [0.2, 0.25) is 0 Å². The molecular weight excluding hydrogens is 284 g/mol. The smallest absolute Gasteiger partial charge is 0.127 e. The lowest BCUT2D eigenvalue weighted by Crippen LogP contribution is -2.34. The van der Waals surface area contributed by atoms with Crippen LogP contribution in [0.5, 0.6) is 0 Å². The summed E-state index contributed by atoms with van der Waals surface area (Å²) in [4.78, 5) is 6.45. The highest BCUT2D eigenvalue weighted by Gasteiger charge is 2.21. The van der Waals surface area contributed by atoms with E-state index in [1.54, 1.807) is 0 Å². The van der Waals surface area contributed by atoms with Crippen LogP contribution in [0.15, 0.2) is 30.6 Å². The molecule has 3 nitrogen and oxygen atoms in total. The summed E-state index contributed by atoms with van der Waals surface area (Å²) in [7, 11) is 0. The molecule has 1 fully saturated rings. The van der Waals surface area contributed by atoms with Gasteiger partial charge in [-0.1, -0.05) is 0 Å². The van der Waals surface area contributed by atoms with Crippen molar-refractivity contribution in [2.24, 2.45) is 5.92 Å². The first-order chi connectivity index (χ1) is 10.6. The second kappa shape index (κ2) is 6.57. The number of likely N-dealkylation sites (tertiary alicyclic amines) is 1. The third kappa shape index (κ3) is 3.53. The normalized spacial score (nSPS) is 17.0. The van der Waals surface area contributed by atoms with Gasteiger partial charge in [0.15, 0.2) is 0 Å². The maximum atomic E-state index is 13.7. The fourth-order valence-electron chi connectivity index (χ4n) is 3.11. The molecule has 0 radical (unpaired) electrons. The summed E-state index contributed by atoms with van der Waals surface area (Å²) in [5.41, 5.74) is 0.448. The third-order valence-corrected chi connectivity index (χ3v) is 4.49. The Labute approximate surface area is 129 Å². The number of benzene rings is 1. The summed E-state index contributed by atoms with van der Waals surface area (Å²) < 4.78 is 29.1. The van der Waals surface area contributed by atoms with Crippen LogP contribution in [0.25, 0.3) is 0 Å². The van der Waals surface area contributed by atoms with Crippen LogP contribution in [0.3, 0.4) is 0 Å². The standard InChI is InChI=1S/C17H21F2N3/c1-13-20-6-9-22(13)11-14-4-7-21(8-5-14)12-15-10-16(18)2-3-17(15)19/h2-3,6,9-10,14H,4-5,7-8,11-12H2,1H3. The largest absolute Gasteiger partial charge is 0.335 e. The van der Waals surface area contributed by atoms with Gasteiger partial charge in [0.1, 0.15) is 17.5 Å². The van der Waals surface area contributed by atoms with Crippen molar-refractivity contribution in [2.75, 3.05) is 13.1 Å². The quantitative estimate of drug-likeness (QED) is 0.863. The zero-order valence-corrected chi connectivity index (χ0v) is 12.8. The Morgan fingerprint density at radius 2 is 2.00 bits per heavy atom. The van der Waals surface area contributed by atoms with Gasteiger partial charge in [-0.2, -0.15) is 0 Å². The number of imidazole rings is 1. The fraction of sp³-hybridized carbons (Fsp3) is 0.471. The summed E-state index contributed by atoms with van der Waals surface area (Å²) in [6.45, 7) is 5.35. The molecule has 2 heterocycles. The van der Waals surface area contributed by atoms with Crippen molar-refractivity contribution in [1.29, 1.82) is 0 Å². The van der Waals surface area contributed by atoms with Crippen molar-refractivity contribution in [3.05, 3.63) is 53.6 Å². The lowest BCUT2D eigenvalue weighted by molar-refractivity contribution is 0.165. The van der Waals surface area contributed by atoms with Crippen molar-refractivity contribution in [3.8, 4) is 0 Å². The third-order valence-electron chi connectivity index (χ3n) is 4.49. The summed E-state index contributed by atoms with van der Waals surface area (Å²) in [6.07, 6.45) is 6.00. The first-order valence-electron chi connectivity index (χ1n) is 7.76. The average Bonchev–Trinajstić information content (AvgIpc) is 2.90. The number of nitrogens with zero attached hydrogens (tertiary/aromatic N) is 3. The van der Waals surface area contributed by atoms with E-state index in [-0.39, 0.29) is 11.6 Å². The predicted octanol–water partition coefficient (Wildman–Crippen LogP) is 3.38. The van der Waals surface area contributed by atoms with Crippen LogP contribution in [0.2, 0.25) is 0 Å². The number of aryl methyl sites for hydroxylation is 1. The van der Waals surface area contributed by atoms with Gasteiger partial charge in [-0.3, -0.25) is 4.90 Å². The molecule has 1 saturated heterocycles. The maximum absolute atomic E-state index is 13.7. The second-order valence-electron chi connectivity index (χ2n) is 6.08. The van der Waals surface area contributed by atoms with Gasteiger partial charge in [-0.15, -0.1) is 0 Å². The van der Waals surface area contributed by atoms with Crippen LogP contribution in [0, 0.1) is 24.5 Å². The molecule has 1 aromatic heterocycles. The molecule has 1 aromatic carbocycles. The van der Waals surface area contributed by atoms with Gasteiger partial charge in [0, 0.05) is 31.0 Å². The topological polar surface area (TPSA) is 21.1 Å². The zero-order valence-electron chi connectivity index (χ0n) is 12.8. The highest BCUT2D eigenvalue weighted by Crippen LogP contribution is 2.22. The number of hydrogen-bond donors (Lipinski definition) is 0. The highest BCUT2D eigenvalue weighted by atomic mass is 19.1. The Balaban J connectivity index is 1.53. The molecule has 5 heteroatoms. The van der Waals surface area contributed by atoms with Gasteiger partial charge in [-0.25, -0.2) is 13.8 Å². The molecule has 0 bridgehead atoms. The SMILES string of the molecule is Cc1nccn1CC1CCN(Cc2cc(F)ccc2F)CC1. The van der Waals surface area contributed by atoms with Crippen LogP contribution in [-0.4, -0.2) is 27.5 Å². The Kier molecular flexibility index (Phi) is 4.52. The van der Waals surface area contributed by atoms with Gasteiger partial charge in [-0.05, 0) is 57.0 Å². The molecule has 0 atom stereocenters. The van der Waals surface area contributed by atoms with Gasteiger partial charge in [0.05, 0.1) is 0 Å². The summed E-state index contributed by atoms with van der Waals surface area (Å²) in [6, 6.07) is 3.67. The second-order valence-corrected chi connectivity index (χ2v) is 6.08. The minimum atomic E-state index is -0.373. The molecule has 0 unspecified atom stereocenters. The summed E-state index contributed by atoms with van der Waals surface area (Å²) in [5, 5.41) is 0. The fourth-order valence-corrected chi connectivity index (χ4v) is 3.11. The molecule has 22 heavy (non-hydrogen) atoms. The predicted molar refractivity (Wildman–Crippen MR) is 81.3 cm³/mol. The molecule has 0 amide bonds. The van der Waals surface area contributed by atoms with E-state index in [1.807, 2.05) is 19.3 Å². The monoisotopic (exact) mass is 305 g/mol. The molecule has 0 spiro atoms. The molecule has 1 aliphatic heterocycles. The Morgan fingerprint density at radius 3 is 2.68 bits per heavy atom. The van der Waals surface area contributed by atoms with E-state index < -0.39 is 0 Å². The lowest BCUT2D eigenvalue weighted by Gasteiger charge is -2.32. The van der Waals surface area contributed by atoms with Gasteiger partial charge < -0.3 is 4.57 Å². The van der Waals surface area contributed by atoms with Gasteiger partial charge >= 0.3 is 0 Å². The van der Waals surface area contributed by atoms with E-state index in [4.69, 9.17) is 0 Å². The van der Waals surface area contributed by atoms with E-state index in [9.17, 15) is 8.78 Å². The summed E-state index contributed by atoms with van der Waals surface area (Å²) >= 11 is 0. The lowest BCUT2D eigenvalue weighted by atomic mass is 9.96. The Bertz CT molecular complexity index is 631. The molecule has 0 saturated carbocycles. The van der Waals surface area contributed by atoms with Crippen LogP contribution >= 0.6 is 0 Å². The first-order valence-corrected chi connectivity index (χ1v) is 7.76. The number of hydrogen-bond acceptors (Lipinski definition) is 2. The Morgan fingerprint density at radius 1 is 1.23 bits per heavy atom. The minimum absolute atomic E-state index is 0.322. The summed E-state index contributed by atoms with van der Waals surface area (Å²) in [5.74, 6) is 0.977. The average molecular weight is 305 g/mol. The van der Waals surface area contributed by atoms with Crippen LogP contribution in [0.4, 0.5) is 8.78 Å². The van der Waals surface area contributed by atoms with E-state index in [1.165, 1.54) is 18.2 Å². The highest BCUT2D eigenvalue weighted by molar-refractivity contribution is 5.18. The van der Waals surface area contributed by atoms with Crippen LogP contribution in [0.1, 0.15) is 24.2 Å². The molecule has 3 rings (SSSR count). The number of aromatic nitrogens is 2. The molecule has 1 aliphatic rings. The van der Waals surface area contributed by atoms with Gasteiger partial charge in [0.25, 0.3) is 0 Å². The number of halogens is 2. The molecule has 118 valence electrons. The van der Waals surface area contributed by atoms with Crippen molar-refractivity contribution in [3.63, 3.8) is 0 Å². The molecule has 0 N–H and O–H groups in total. The first kappa shape index (κ1) is 15.2. The number of rotatable bonds is 4. The number of piperidine rings is 1. The minimum Gasteiger partial charge on any atom is -0.335 e. The van der Waals surface area contributed by atoms with E-state index in [0.29, 0.717) is 18.0 Å². The van der Waals surface area contributed by atoms with Crippen LogP contribution < -0.4 is 0 Å². The maximum Gasteiger partial charge on any atom is 0.127 e. The van der Waals surface area contributed by atoms with Crippen molar-refractivity contribution in [2.45, 2.75) is 32.9 Å². The Hall–Kier alpha value is -1.75. The van der Waals surface area contributed by atoms with Crippen molar-refractivity contribution in [1.82, 2.24) is 14.5 Å². The molecule has 2 aromatic rings. The van der Waals surface area contributed by atoms with E-state index in [0.717, 1.165) is 38.3 Å².